The Morgan fingerprint density at radius 2 is 2.00 bits per heavy atom. The van der Waals surface area contributed by atoms with Crippen LogP contribution in [0.1, 0.15) is 55.5 Å². The zero-order valence-corrected chi connectivity index (χ0v) is 16.5. The summed E-state index contributed by atoms with van der Waals surface area (Å²) in [4.78, 5) is 11.8. The molecule has 140 valence electrons. The number of esters is 1. The minimum Gasteiger partial charge on any atom is -0.496 e. The third-order valence-electron chi connectivity index (χ3n) is 4.22. The number of benzene rings is 1. The number of nitrogens with one attached hydrogen (secondary N) is 2. The highest BCUT2D eigenvalue weighted by molar-refractivity contribution is 7.80. The summed E-state index contributed by atoms with van der Waals surface area (Å²) in [7, 11) is 2.88. The molecule has 1 rings (SSSR count). The van der Waals surface area contributed by atoms with Gasteiger partial charge in [0, 0.05) is 13.1 Å². The number of rotatable bonds is 10. The average molecular weight is 367 g/mol. The first-order valence-electron chi connectivity index (χ1n) is 8.82. The average Bonchev–Trinajstić information content (AvgIpc) is 2.65. The van der Waals surface area contributed by atoms with Crippen LogP contribution in [0.25, 0.3) is 0 Å². The van der Waals surface area contributed by atoms with Crippen molar-refractivity contribution in [2.24, 2.45) is 5.92 Å². The summed E-state index contributed by atoms with van der Waals surface area (Å²) in [5.41, 5.74) is 1.34. The van der Waals surface area contributed by atoms with Gasteiger partial charge in [-0.05, 0) is 42.3 Å². The summed E-state index contributed by atoms with van der Waals surface area (Å²) in [6.07, 6.45) is 4.85. The van der Waals surface area contributed by atoms with Crippen LogP contribution in [0.3, 0.4) is 0 Å². The summed E-state index contributed by atoms with van der Waals surface area (Å²) in [6, 6.07) is 5.42. The Balaban J connectivity index is 2.54. The molecule has 0 bridgehead atoms. The van der Waals surface area contributed by atoms with E-state index in [1.165, 1.54) is 33.5 Å². The number of unbranched alkanes of at least 4 members (excludes halogenated alkanes) is 1. The molecule has 1 aromatic rings. The van der Waals surface area contributed by atoms with E-state index >= 15 is 0 Å². The van der Waals surface area contributed by atoms with E-state index in [4.69, 9.17) is 21.7 Å². The molecular weight excluding hydrogens is 336 g/mol. The summed E-state index contributed by atoms with van der Waals surface area (Å²) in [6.45, 7) is 5.85. The summed E-state index contributed by atoms with van der Waals surface area (Å²) in [5, 5.41) is 7.10. The van der Waals surface area contributed by atoms with Crippen molar-refractivity contribution in [1.82, 2.24) is 10.6 Å². The van der Waals surface area contributed by atoms with Gasteiger partial charge in [0.25, 0.3) is 0 Å². The summed E-state index contributed by atoms with van der Waals surface area (Å²) in [5.74, 6) is 0.728. The van der Waals surface area contributed by atoms with Gasteiger partial charge >= 0.3 is 5.97 Å². The van der Waals surface area contributed by atoms with Crippen molar-refractivity contribution in [3.05, 3.63) is 29.3 Å². The fraction of sp³-hybridized carbons (Fsp3) is 0.579. The van der Waals surface area contributed by atoms with Gasteiger partial charge in [0.05, 0.1) is 14.2 Å². The highest BCUT2D eigenvalue weighted by Gasteiger charge is 2.13. The van der Waals surface area contributed by atoms with Crippen LogP contribution in [-0.4, -0.2) is 31.8 Å². The van der Waals surface area contributed by atoms with Crippen LogP contribution in [0.2, 0.25) is 0 Å². The highest BCUT2D eigenvalue weighted by Crippen LogP contribution is 2.20. The van der Waals surface area contributed by atoms with Gasteiger partial charge in [0.15, 0.2) is 5.11 Å². The number of ether oxygens (including phenoxy) is 2. The van der Waals surface area contributed by atoms with Crippen molar-refractivity contribution in [3.63, 3.8) is 0 Å². The van der Waals surface area contributed by atoms with Crippen LogP contribution < -0.4 is 15.4 Å². The first kappa shape index (κ1) is 21.2. The molecule has 0 saturated heterocycles. The molecule has 0 aliphatic rings. The molecule has 0 amide bonds. The maximum atomic E-state index is 11.8. The SMILES string of the molecule is CCCC[C@@H](CC)CNC(=S)NCc1ccc(OC)c(C(=O)OC)c1. The van der Waals surface area contributed by atoms with Gasteiger partial charge in [-0.3, -0.25) is 0 Å². The predicted molar refractivity (Wildman–Crippen MR) is 105 cm³/mol. The van der Waals surface area contributed by atoms with Crippen molar-refractivity contribution >= 4 is 23.3 Å². The number of methoxy groups -OCH3 is 2. The number of carbonyl (C=O) groups is 1. The maximum absolute atomic E-state index is 11.8. The molecular formula is C19H30N2O3S. The molecule has 1 atom stereocenters. The van der Waals surface area contributed by atoms with Crippen molar-refractivity contribution < 1.29 is 14.3 Å². The van der Waals surface area contributed by atoms with E-state index in [0.717, 1.165) is 18.5 Å². The number of hydrogen-bond donors (Lipinski definition) is 2. The molecule has 0 aromatic heterocycles. The monoisotopic (exact) mass is 366 g/mol. The molecule has 0 fully saturated rings. The Bertz CT molecular complexity index is 564. The minimum absolute atomic E-state index is 0.411. The van der Waals surface area contributed by atoms with Crippen LogP contribution in [0, 0.1) is 5.92 Å². The van der Waals surface area contributed by atoms with E-state index < -0.39 is 5.97 Å². The topological polar surface area (TPSA) is 59.6 Å². The van der Waals surface area contributed by atoms with Crippen LogP contribution in [0.5, 0.6) is 5.75 Å². The lowest BCUT2D eigenvalue weighted by Gasteiger charge is -2.17. The predicted octanol–water partition coefficient (Wildman–Crippen LogP) is 3.66. The third kappa shape index (κ3) is 7.30. The lowest BCUT2D eigenvalue weighted by molar-refractivity contribution is 0.0597. The Hall–Kier alpha value is -1.82. The van der Waals surface area contributed by atoms with Gasteiger partial charge in [0.1, 0.15) is 11.3 Å². The fourth-order valence-electron chi connectivity index (χ4n) is 2.56. The molecule has 5 nitrogen and oxygen atoms in total. The maximum Gasteiger partial charge on any atom is 0.341 e. The smallest absolute Gasteiger partial charge is 0.341 e. The third-order valence-corrected chi connectivity index (χ3v) is 4.51. The lowest BCUT2D eigenvalue weighted by atomic mass is 9.99. The standard InChI is InChI=1S/C19H30N2O3S/c1-5-7-8-14(6-2)12-20-19(25)21-13-15-9-10-17(23-3)16(11-15)18(22)24-4/h9-11,14H,5-8,12-13H2,1-4H3,(H2,20,21,25)/t14-/m1/s1. The van der Waals surface area contributed by atoms with E-state index in [2.05, 4.69) is 24.5 Å². The molecule has 0 spiro atoms. The summed E-state index contributed by atoms with van der Waals surface area (Å²) < 4.78 is 9.99. The number of carbonyl (C=O) groups excluding carboxylic acids is 1. The molecule has 25 heavy (non-hydrogen) atoms. The second-order valence-electron chi connectivity index (χ2n) is 6.01. The lowest BCUT2D eigenvalue weighted by Crippen LogP contribution is -2.37. The molecule has 2 N–H and O–H groups in total. The van der Waals surface area contributed by atoms with E-state index in [0.29, 0.717) is 28.9 Å². The quantitative estimate of drug-likeness (QED) is 0.487. The van der Waals surface area contributed by atoms with Gasteiger partial charge < -0.3 is 20.1 Å². The molecule has 0 aliphatic heterocycles. The largest absolute Gasteiger partial charge is 0.496 e. The Morgan fingerprint density at radius 1 is 1.24 bits per heavy atom. The van der Waals surface area contributed by atoms with Crippen molar-refractivity contribution in [1.29, 1.82) is 0 Å². The van der Waals surface area contributed by atoms with E-state index in [1.807, 2.05) is 6.07 Å². The normalized spacial score (nSPS) is 11.5. The van der Waals surface area contributed by atoms with E-state index in [-0.39, 0.29) is 0 Å². The first-order valence-corrected chi connectivity index (χ1v) is 9.23. The van der Waals surface area contributed by atoms with Crippen molar-refractivity contribution in [3.8, 4) is 5.75 Å². The Kier molecular flexibility index (Phi) is 9.92. The molecule has 1 aromatic carbocycles. The van der Waals surface area contributed by atoms with Gasteiger partial charge in [0.2, 0.25) is 0 Å². The van der Waals surface area contributed by atoms with E-state index in [9.17, 15) is 4.79 Å². The first-order chi connectivity index (χ1) is 12.0. The molecule has 6 heteroatoms. The zero-order chi connectivity index (χ0) is 18.7. The van der Waals surface area contributed by atoms with Crippen LogP contribution >= 0.6 is 12.2 Å². The van der Waals surface area contributed by atoms with Crippen LogP contribution in [0.4, 0.5) is 0 Å². The highest BCUT2D eigenvalue weighted by atomic mass is 32.1. The van der Waals surface area contributed by atoms with Crippen LogP contribution in [-0.2, 0) is 11.3 Å². The number of thiocarbonyl (C=S) groups is 1. The van der Waals surface area contributed by atoms with Gasteiger partial charge in [-0.15, -0.1) is 0 Å². The molecule has 0 radical (unpaired) electrons. The Labute approximate surface area is 156 Å². The van der Waals surface area contributed by atoms with Crippen molar-refractivity contribution in [2.45, 2.75) is 46.1 Å². The molecule has 0 heterocycles. The second kappa shape index (κ2) is 11.7. The van der Waals surface area contributed by atoms with Gasteiger partial charge in [-0.2, -0.15) is 0 Å². The second-order valence-corrected chi connectivity index (χ2v) is 6.41. The zero-order valence-electron chi connectivity index (χ0n) is 15.7. The molecule has 0 aliphatic carbocycles. The number of hydrogen-bond acceptors (Lipinski definition) is 4. The van der Waals surface area contributed by atoms with E-state index in [1.54, 1.807) is 12.1 Å². The van der Waals surface area contributed by atoms with Crippen molar-refractivity contribution in [2.75, 3.05) is 20.8 Å². The van der Waals surface area contributed by atoms with Gasteiger partial charge in [-0.25, -0.2) is 4.79 Å². The fourth-order valence-corrected chi connectivity index (χ4v) is 2.72. The summed E-state index contributed by atoms with van der Waals surface area (Å²) >= 11 is 5.35. The minimum atomic E-state index is -0.416. The van der Waals surface area contributed by atoms with Gasteiger partial charge in [-0.1, -0.05) is 39.2 Å². The molecule has 0 saturated carbocycles. The Morgan fingerprint density at radius 3 is 2.60 bits per heavy atom. The molecule has 0 unspecified atom stereocenters. The van der Waals surface area contributed by atoms with Crippen LogP contribution in [0.15, 0.2) is 18.2 Å².